The molecule has 0 saturated carbocycles. The van der Waals surface area contributed by atoms with Crippen LogP contribution in [0.5, 0.6) is 0 Å². The third-order valence-electron chi connectivity index (χ3n) is 16.9. The van der Waals surface area contributed by atoms with Gasteiger partial charge in [0, 0.05) is 65.5 Å². The van der Waals surface area contributed by atoms with Crippen molar-refractivity contribution in [2.24, 2.45) is 35.3 Å². The zero-order valence-corrected chi connectivity index (χ0v) is 57.5. The summed E-state index contributed by atoms with van der Waals surface area (Å²) < 4.78 is 17.7. The van der Waals surface area contributed by atoms with Crippen LogP contribution in [0.2, 0.25) is 0 Å². The second-order valence-electron chi connectivity index (χ2n) is 26.4. The molecule has 10 N–H and O–H groups in total. The molecule has 1 heterocycles. The van der Waals surface area contributed by atoms with Gasteiger partial charge < -0.3 is 72.1 Å². The van der Waals surface area contributed by atoms with Crippen molar-refractivity contribution in [1.29, 1.82) is 0 Å². The monoisotopic (exact) mass is 1290 g/mol. The van der Waals surface area contributed by atoms with E-state index in [0.29, 0.717) is 42.6 Å². The predicted octanol–water partition coefficient (Wildman–Crippen LogP) is 5.68. The molecule has 0 aromatic heterocycles. The number of benzene rings is 2. The number of carbonyl (C=O) groups is 10. The maximum atomic E-state index is 14.8. The molecule has 25 nitrogen and oxygen atoms in total. The first-order valence-corrected chi connectivity index (χ1v) is 32.4. The van der Waals surface area contributed by atoms with Gasteiger partial charge in [0.25, 0.3) is 0 Å². The molecular weight excluding hydrogens is 1180 g/mol. The van der Waals surface area contributed by atoms with Crippen molar-refractivity contribution in [3.05, 3.63) is 65.7 Å². The van der Waals surface area contributed by atoms with E-state index in [-0.39, 0.29) is 81.2 Å². The molecule has 0 bridgehead atoms. The Hall–Kier alpha value is -7.38. The molecule has 516 valence electrons. The molecule has 25 heteroatoms. The Labute approximate surface area is 545 Å². The maximum Gasteiger partial charge on any atom is 0.410 e. The molecule has 3 rings (SSSR count). The number of hydrogen-bond donors (Lipinski definition) is 9. The Bertz CT molecular complexity index is 2730. The van der Waals surface area contributed by atoms with Crippen LogP contribution in [0.25, 0.3) is 0 Å². The van der Waals surface area contributed by atoms with Crippen molar-refractivity contribution < 1.29 is 67.3 Å². The first kappa shape index (κ1) is 78.9. The zero-order valence-electron chi connectivity index (χ0n) is 57.5. The van der Waals surface area contributed by atoms with Crippen LogP contribution in [-0.4, -0.2) is 181 Å². The number of nitrogens with two attached hydrogens (primary N) is 1. The summed E-state index contributed by atoms with van der Waals surface area (Å²) in [4.78, 5) is 140. The van der Waals surface area contributed by atoms with Gasteiger partial charge in [-0.05, 0) is 107 Å². The minimum Gasteiger partial charge on any atom is -0.445 e. The van der Waals surface area contributed by atoms with Gasteiger partial charge in [-0.3, -0.25) is 43.3 Å². The minimum atomic E-state index is -1.11. The summed E-state index contributed by atoms with van der Waals surface area (Å²) in [5.74, 6) is -5.48. The van der Waals surface area contributed by atoms with Gasteiger partial charge in [0.2, 0.25) is 47.3 Å². The van der Waals surface area contributed by atoms with Crippen molar-refractivity contribution in [2.75, 3.05) is 46.7 Å². The Balaban J connectivity index is 1.70. The summed E-state index contributed by atoms with van der Waals surface area (Å²) in [6, 6.07) is 8.78. The summed E-state index contributed by atoms with van der Waals surface area (Å²) in [6.07, 6.45) is -0.654. The number of ether oxygens (including phenoxy) is 3. The van der Waals surface area contributed by atoms with E-state index in [1.54, 1.807) is 109 Å². The molecule has 1 saturated heterocycles. The van der Waals surface area contributed by atoms with E-state index >= 15 is 0 Å². The van der Waals surface area contributed by atoms with Crippen LogP contribution >= 0.6 is 0 Å². The highest BCUT2D eigenvalue weighted by molar-refractivity contribution is 5.98. The largest absolute Gasteiger partial charge is 0.445 e. The third kappa shape index (κ3) is 24.6. The number of aliphatic hydroxyl groups excluding tert-OH is 1. The third-order valence-corrected chi connectivity index (χ3v) is 16.9. The molecule has 1 fully saturated rings. The van der Waals surface area contributed by atoms with Gasteiger partial charge in [-0.2, -0.15) is 0 Å². The lowest BCUT2D eigenvalue weighted by Crippen LogP contribution is -2.60. The summed E-state index contributed by atoms with van der Waals surface area (Å²) in [5.41, 5.74) is 6.36. The normalized spacial score (nSPS) is 16.9. The molecular formula is C67H109N11O14. The summed E-state index contributed by atoms with van der Waals surface area (Å²) in [7, 11) is 6.09. The maximum absolute atomic E-state index is 14.8. The van der Waals surface area contributed by atoms with Crippen LogP contribution in [0, 0.1) is 29.6 Å². The summed E-state index contributed by atoms with van der Waals surface area (Å²) in [5, 5.41) is 30.4. The van der Waals surface area contributed by atoms with Gasteiger partial charge in [0.15, 0.2) is 0 Å². The highest BCUT2D eigenvalue weighted by Gasteiger charge is 2.44. The second-order valence-corrected chi connectivity index (χ2v) is 26.4. The average Bonchev–Trinajstić information content (AvgIpc) is 1.73. The van der Waals surface area contributed by atoms with E-state index in [2.05, 4.69) is 37.2 Å². The number of rotatable bonds is 36. The number of likely N-dealkylation sites (N-methyl/N-ethyl adjacent to an activating group) is 2. The van der Waals surface area contributed by atoms with Crippen molar-refractivity contribution in [3.8, 4) is 0 Å². The van der Waals surface area contributed by atoms with Gasteiger partial charge in [-0.15, -0.1) is 0 Å². The summed E-state index contributed by atoms with van der Waals surface area (Å²) >= 11 is 0. The van der Waals surface area contributed by atoms with Gasteiger partial charge in [0.05, 0.1) is 48.8 Å². The second kappa shape index (κ2) is 38.0. The molecule has 2 aromatic carbocycles. The topological polar surface area (TPSA) is 339 Å². The van der Waals surface area contributed by atoms with Crippen LogP contribution in [0.15, 0.2) is 54.6 Å². The van der Waals surface area contributed by atoms with E-state index in [4.69, 9.17) is 19.9 Å². The Morgan fingerprint density at radius 1 is 0.717 bits per heavy atom. The number of primary amides is 1. The zero-order chi connectivity index (χ0) is 69.3. The first-order chi connectivity index (χ1) is 43.2. The fraction of sp³-hybridized carbons (Fsp3) is 0.672. The van der Waals surface area contributed by atoms with Gasteiger partial charge >= 0.3 is 12.1 Å². The molecule has 1 aliphatic heterocycles. The Kier molecular flexibility index (Phi) is 32.5. The standard InChI is InChI=1S/C67H109N11O14/c1-18-42(8)57(50(90-16)37-53(81)78-36-24-28-49(78)59(91-17)43(9)60(83)70-44(10)58(82)46-25-20-19-21-26-46)76(14)64(87)55(40(4)5)74-63(86)56(41(6)7)77(15)66(89)92-38-45-31-33-47(34-32-45)71-61(84)48(27-23-35-69-65(68)88)72-62(85)54(39(2)3)73-51(79)29-22-30-52(80)75-67(11,12)13/h19-21,25-26,31-34,39-44,48-50,54-59,82H,18,22-24,27-30,35-38H2,1-17H3,(H,70,83)(H,71,84)(H,72,85)(H,73,79)(H,74,86)(H,75,80)(H3,68,69,88)/t42-,43+,44+,48-,49-,50+,54-,55-,56-,57-,58+,59+/m0/s1. The van der Waals surface area contributed by atoms with Crippen molar-refractivity contribution in [3.63, 3.8) is 0 Å². The molecule has 0 unspecified atom stereocenters. The van der Waals surface area contributed by atoms with E-state index < -0.39 is 126 Å². The number of likely N-dealkylation sites (tertiary alicyclic amines) is 1. The van der Waals surface area contributed by atoms with Crippen LogP contribution in [0.1, 0.15) is 165 Å². The Morgan fingerprint density at radius 3 is 1.89 bits per heavy atom. The van der Waals surface area contributed by atoms with Gasteiger partial charge in [-0.1, -0.05) is 111 Å². The van der Waals surface area contributed by atoms with Crippen molar-refractivity contribution in [1.82, 2.24) is 46.6 Å². The number of anilines is 1. The molecule has 0 radical (unpaired) electrons. The fourth-order valence-electron chi connectivity index (χ4n) is 11.6. The number of nitrogens with one attached hydrogen (secondary N) is 7. The van der Waals surface area contributed by atoms with E-state index in [1.165, 1.54) is 26.2 Å². The number of nitrogens with zero attached hydrogens (tertiary/aromatic N) is 3. The number of urea groups is 1. The molecule has 11 amide bonds. The number of amides is 11. The van der Waals surface area contributed by atoms with E-state index in [0.717, 1.165) is 0 Å². The lowest BCUT2D eigenvalue weighted by atomic mass is 9.89. The molecule has 1 aliphatic rings. The smallest absolute Gasteiger partial charge is 0.410 e. The van der Waals surface area contributed by atoms with Gasteiger partial charge in [0.1, 0.15) is 30.8 Å². The lowest BCUT2D eigenvalue weighted by Gasteiger charge is -2.41. The highest BCUT2D eigenvalue weighted by atomic mass is 16.6. The van der Waals surface area contributed by atoms with Crippen LogP contribution in [-0.2, 0) is 59.2 Å². The van der Waals surface area contributed by atoms with Crippen LogP contribution < -0.4 is 43.0 Å². The molecule has 2 aromatic rings. The highest BCUT2D eigenvalue weighted by Crippen LogP contribution is 2.31. The number of aliphatic hydroxyl groups is 1. The average molecular weight is 1290 g/mol. The van der Waals surface area contributed by atoms with Crippen LogP contribution in [0.4, 0.5) is 15.3 Å². The molecule has 12 atom stereocenters. The van der Waals surface area contributed by atoms with Crippen molar-refractivity contribution >= 4 is 65.1 Å². The SMILES string of the molecule is CC[C@H](C)[C@@H]([C@@H](CC(=O)N1CCC[C@H]1[C@H](OC)[C@@H](C)C(=O)N[C@H](C)[C@@H](O)c1ccccc1)OC)N(C)C(=O)[C@@H](NC(=O)[C@H](C(C)C)N(C)C(=O)OCc1ccc(NC(=O)[C@H](CCCNC(N)=O)NC(=O)[C@@H](NC(=O)CCCC(=O)NC(C)(C)C)C(C)C)cc1)C(C)C. The molecule has 92 heavy (non-hydrogen) atoms. The summed E-state index contributed by atoms with van der Waals surface area (Å²) in [6.45, 7) is 24.0. The quantitative estimate of drug-likeness (QED) is 0.0371. The van der Waals surface area contributed by atoms with E-state index in [1.807, 2.05) is 52.8 Å². The number of hydrogen-bond acceptors (Lipinski definition) is 14. The van der Waals surface area contributed by atoms with Crippen LogP contribution in [0.3, 0.4) is 0 Å². The van der Waals surface area contributed by atoms with Gasteiger partial charge in [-0.25, -0.2) is 9.59 Å². The lowest BCUT2D eigenvalue weighted by molar-refractivity contribution is -0.148. The molecule has 0 spiro atoms. The fourth-order valence-corrected chi connectivity index (χ4v) is 11.6. The minimum absolute atomic E-state index is 0.00000519. The van der Waals surface area contributed by atoms with E-state index in [9.17, 15) is 53.1 Å². The predicted molar refractivity (Wildman–Crippen MR) is 351 cm³/mol. The first-order valence-electron chi connectivity index (χ1n) is 32.4. The Morgan fingerprint density at radius 2 is 1.34 bits per heavy atom. The molecule has 0 aliphatic carbocycles. The number of methoxy groups -OCH3 is 2. The number of carbonyl (C=O) groups excluding carboxylic acids is 10. The van der Waals surface area contributed by atoms with Crippen molar-refractivity contribution in [2.45, 2.75) is 221 Å².